The molecule has 284 valence electrons. The molecule has 0 spiro atoms. The van der Waals surface area contributed by atoms with Crippen LogP contribution in [-0.4, -0.2) is 97.3 Å². The zero-order valence-electron chi connectivity index (χ0n) is 29.7. The molecule has 16 heteroatoms. The largest absolute Gasteiger partial charge is 0.362 e. The summed E-state index contributed by atoms with van der Waals surface area (Å²) in [4.78, 5) is 52.4. The zero-order valence-corrected chi connectivity index (χ0v) is 31.4. The van der Waals surface area contributed by atoms with Crippen molar-refractivity contribution in [3.05, 3.63) is 36.5 Å². The molecule has 1 rings (SSSR count). The number of hydrogen-bond donors (Lipinski definition) is 6. The quantitative estimate of drug-likeness (QED) is 0.0196. The Balaban J connectivity index is 2.01. The molecule has 0 saturated heterocycles. The first kappa shape index (κ1) is 45.2. The Morgan fingerprint density at radius 1 is 0.706 bits per heavy atom. The van der Waals surface area contributed by atoms with Crippen LogP contribution in [0.3, 0.4) is 0 Å². The number of hydroxylamine groups is 6. The van der Waals surface area contributed by atoms with E-state index in [1.54, 1.807) is 19.1 Å². The van der Waals surface area contributed by atoms with Gasteiger partial charge in [-0.1, -0.05) is 19.4 Å². The van der Waals surface area contributed by atoms with Crippen molar-refractivity contribution in [2.45, 2.75) is 103 Å². The normalized spacial score (nSPS) is 10.4. The van der Waals surface area contributed by atoms with E-state index in [1.807, 2.05) is 12.1 Å². The number of carbonyl (C=O) groups is 4. The Labute approximate surface area is 312 Å². The standard InChI is InChI=1S/C35H55N7O7S2/c1-28(2)40(47)24-11-5-8-22-36-32(44)19-21-34(46)42(49)25-10-4-3-7-13-31(43)18-20-33(45)41(48)26-12-6-9-23-37-35(51)39-30-16-14-29(15-17-30)38-27-50/h14-17,47-49H,1,3-13,18-26H2,2H3,(H,36,44)(H2,37,39,51). The van der Waals surface area contributed by atoms with Crippen molar-refractivity contribution in [2.24, 2.45) is 4.99 Å². The van der Waals surface area contributed by atoms with Gasteiger partial charge in [0.2, 0.25) is 17.7 Å². The zero-order chi connectivity index (χ0) is 37.9. The molecule has 0 aliphatic carbocycles. The molecule has 0 aliphatic rings. The third-order valence-electron chi connectivity index (χ3n) is 7.78. The van der Waals surface area contributed by atoms with Crippen molar-refractivity contribution < 1.29 is 34.8 Å². The number of allylic oxidation sites excluding steroid dienone is 1. The molecule has 0 atom stereocenters. The maximum absolute atomic E-state index is 12.2. The number of nitrogens with one attached hydrogen (secondary N) is 3. The molecule has 1 aromatic rings. The fourth-order valence-electron chi connectivity index (χ4n) is 4.72. The van der Waals surface area contributed by atoms with Crippen LogP contribution < -0.4 is 16.0 Å². The lowest BCUT2D eigenvalue weighted by molar-refractivity contribution is -0.166. The highest BCUT2D eigenvalue weighted by Gasteiger charge is 2.14. The molecule has 0 unspecified atom stereocenters. The van der Waals surface area contributed by atoms with Crippen LogP contribution >= 0.6 is 24.4 Å². The van der Waals surface area contributed by atoms with Gasteiger partial charge in [0.25, 0.3) is 0 Å². The number of Topliss-reactive ketones (excluding diaryl/α,β-unsaturated/α-hetero) is 1. The average molecular weight is 750 g/mol. The number of anilines is 1. The molecule has 6 N–H and O–H groups in total. The first-order chi connectivity index (χ1) is 24.4. The van der Waals surface area contributed by atoms with Crippen molar-refractivity contribution in [1.82, 2.24) is 25.8 Å². The molecule has 0 aliphatic heterocycles. The molecule has 14 nitrogen and oxygen atoms in total. The summed E-state index contributed by atoms with van der Waals surface area (Å²) in [5.41, 5.74) is 2.10. The molecule has 0 heterocycles. The van der Waals surface area contributed by atoms with Gasteiger partial charge in [-0.15, -0.1) is 0 Å². The maximum atomic E-state index is 12.2. The van der Waals surface area contributed by atoms with Gasteiger partial charge >= 0.3 is 0 Å². The molecule has 51 heavy (non-hydrogen) atoms. The number of amides is 3. The summed E-state index contributed by atoms with van der Waals surface area (Å²) in [7, 11) is 0. The van der Waals surface area contributed by atoms with Crippen LogP contribution in [0.2, 0.25) is 0 Å². The summed E-state index contributed by atoms with van der Waals surface area (Å²) < 4.78 is 0. The molecule has 0 saturated carbocycles. The lowest BCUT2D eigenvalue weighted by atomic mass is 10.1. The van der Waals surface area contributed by atoms with E-state index < -0.39 is 11.8 Å². The first-order valence-corrected chi connectivity index (χ1v) is 18.4. The number of benzene rings is 1. The Morgan fingerprint density at radius 3 is 1.78 bits per heavy atom. The Morgan fingerprint density at radius 2 is 1.22 bits per heavy atom. The summed E-state index contributed by atoms with van der Waals surface area (Å²) in [6.45, 7) is 7.29. The number of hydrogen-bond acceptors (Lipinski definition) is 11. The summed E-state index contributed by atoms with van der Waals surface area (Å²) >= 11 is 9.88. The van der Waals surface area contributed by atoms with Crippen LogP contribution in [0.4, 0.5) is 11.4 Å². The minimum Gasteiger partial charge on any atom is -0.362 e. The van der Waals surface area contributed by atoms with Gasteiger partial charge in [0, 0.05) is 76.2 Å². The van der Waals surface area contributed by atoms with Gasteiger partial charge in [-0.25, -0.2) is 10.1 Å². The Hall–Kier alpha value is -3.79. The topological polar surface area (TPSA) is 187 Å². The number of unbranched alkanes of at least 4 members (excludes halogenated alkanes) is 7. The first-order valence-electron chi connectivity index (χ1n) is 17.5. The summed E-state index contributed by atoms with van der Waals surface area (Å²) in [6.07, 6.45) is 7.37. The SMILES string of the molecule is C=C(C)N(O)CCCCCNC(=O)CCC(=O)N(O)CCCCCCC(=O)CCC(=O)N(O)CCCCCNC(=S)Nc1ccc(N=C=S)cc1. The third kappa shape index (κ3) is 23.3. The fourth-order valence-corrected chi connectivity index (χ4v) is 5.04. The second kappa shape index (κ2) is 27.9. The van der Waals surface area contributed by atoms with Gasteiger partial charge in [-0.2, -0.15) is 4.99 Å². The average Bonchev–Trinajstić information content (AvgIpc) is 3.10. The third-order valence-corrected chi connectivity index (χ3v) is 8.11. The lowest BCUT2D eigenvalue weighted by Gasteiger charge is -2.16. The summed E-state index contributed by atoms with van der Waals surface area (Å²) in [5.74, 6) is -1.31. The number of isothiocyanates is 1. The minimum atomic E-state index is -0.519. The predicted molar refractivity (Wildman–Crippen MR) is 203 cm³/mol. The Kier molecular flexibility index (Phi) is 24.7. The van der Waals surface area contributed by atoms with Gasteiger partial charge < -0.3 is 16.0 Å². The van der Waals surface area contributed by atoms with Gasteiger partial charge in [-0.3, -0.25) is 39.9 Å². The van der Waals surface area contributed by atoms with Crippen LogP contribution in [-0.2, 0) is 19.2 Å². The molecular formula is C35H55N7O7S2. The van der Waals surface area contributed by atoms with Crippen LogP contribution in [0.5, 0.6) is 0 Å². The second-order valence-electron chi connectivity index (χ2n) is 12.2. The van der Waals surface area contributed by atoms with E-state index >= 15 is 0 Å². The molecule has 0 bridgehead atoms. The van der Waals surface area contributed by atoms with Gasteiger partial charge in [0.1, 0.15) is 5.78 Å². The van der Waals surface area contributed by atoms with E-state index in [0.29, 0.717) is 78.4 Å². The lowest BCUT2D eigenvalue weighted by Crippen LogP contribution is -2.31. The van der Waals surface area contributed by atoms with Crippen LogP contribution in [0.1, 0.15) is 103 Å². The number of nitrogens with zero attached hydrogens (tertiary/aromatic N) is 4. The summed E-state index contributed by atoms with van der Waals surface area (Å²) in [5, 5.41) is 43.7. The van der Waals surface area contributed by atoms with Crippen molar-refractivity contribution >= 4 is 69.6 Å². The molecule has 1 aromatic carbocycles. The number of ketones is 1. The molecular weight excluding hydrogens is 695 g/mol. The van der Waals surface area contributed by atoms with E-state index in [1.165, 1.54) is 0 Å². The van der Waals surface area contributed by atoms with Crippen molar-refractivity contribution in [3.8, 4) is 0 Å². The number of thiocarbonyl (C=S) groups is 2. The van der Waals surface area contributed by atoms with Crippen LogP contribution in [0.15, 0.2) is 41.5 Å². The number of aliphatic imine (C=N–C) groups is 1. The summed E-state index contributed by atoms with van der Waals surface area (Å²) in [6, 6.07) is 7.26. The molecule has 3 amide bonds. The van der Waals surface area contributed by atoms with Gasteiger partial charge in [0.15, 0.2) is 5.11 Å². The van der Waals surface area contributed by atoms with Crippen LogP contribution in [0, 0.1) is 0 Å². The minimum absolute atomic E-state index is 0.00915. The van der Waals surface area contributed by atoms with E-state index in [4.69, 9.17) is 12.2 Å². The Bertz CT molecular complexity index is 1290. The van der Waals surface area contributed by atoms with Gasteiger partial charge in [-0.05, 0) is 107 Å². The highest BCUT2D eigenvalue weighted by molar-refractivity contribution is 7.80. The number of rotatable bonds is 28. The second-order valence-corrected chi connectivity index (χ2v) is 12.8. The van der Waals surface area contributed by atoms with Crippen LogP contribution in [0.25, 0.3) is 0 Å². The monoisotopic (exact) mass is 749 g/mol. The van der Waals surface area contributed by atoms with E-state index in [0.717, 1.165) is 49.3 Å². The molecule has 0 radical (unpaired) electrons. The molecule has 0 fully saturated rings. The van der Waals surface area contributed by atoms with E-state index in [9.17, 15) is 34.8 Å². The predicted octanol–water partition coefficient (Wildman–Crippen LogP) is 5.90. The maximum Gasteiger partial charge on any atom is 0.246 e. The number of carbonyl (C=O) groups excluding carboxylic acids is 4. The van der Waals surface area contributed by atoms with Crippen molar-refractivity contribution in [3.63, 3.8) is 0 Å². The van der Waals surface area contributed by atoms with Crippen molar-refractivity contribution in [1.29, 1.82) is 0 Å². The van der Waals surface area contributed by atoms with Crippen molar-refractivity contribution in [2.75, 3.05) is 38.0 Å². The fraction of sp³-hybridized carbons (Fsp3) is 0.600. The van der Waals surface area contributed by atoms with E-state index in [2.05, 4.69) is 44.9 Å². The highest BCUT2D eigenvalue weighted by atomic mass is 32.1. The van der Waals surface area contributed by atoms with Gasteiger partial charge in [0.05, 0.1) is 10.8 Å². The van der Waals surface area contributed by atoms with E-state index in [-0.39, 0.29) is 50.5 Å². The highest BCUT2D eigenvalue weighted by Crippen LogP contribution is 2.15. The smallest absolute Gasteiger partial charge is 0.246 e. The molecule has 0 aromatic heterocycles.